The summed E-state index contributed by atoms with van der Waals surface area (Å²) in [6.07, 6.45) is 8.41. The van der Waals surface area contributed by atoms with Crippen molar-refractivity contribution in [1.82, 2.24) is 15.1 Å². The Kier molecular flexibility index (Phi) is 5.28. The highest BCUT2D eigenvalue weighted by atomic mass is 35.5. The zero-order valence-corrected chi connectivity index (χ0v) is 13.1. The molecule has 1 aromatic heterocycles. The highest BCUT2D eigenvalue weighted by Crippen LogP contribution is 2.39. The van der Waals surface area contributed by atoms with Gasteiger partial charge in [-0.1, -0.05) is 44.7 Å². The summed E-state index contributed by atoms with van der Waals surface area (Å²) in [6, 6.07) is 0.350. The maximum absolute atomic E-state index is 6.33. The summed E-state index contributed by atoms with van der Waals surface area (Å²) in [5, 5.41) is 8.71. The lowest BCUT2D eigenvalue weighted by Crippen LogP contribution is -2.32. The third kappa shape index (κ3) is 3.32. The quantitative estimate of drug-likeness (QED) is 0.887. The minimum Gasteiger partial charge on any atom is -0.309 e. The molecule has 1 N–H and O–H groups in total. The van der Waals surface area contributed by atoms with E-state index in [4.69, 9.17) is 11.6 Å². The van der Waals surface area contributed by atoms with Crippen molar-refractivity contribution in [2.24, 2.45) is 18.9 Å². The first-order valence-corrected chi connectivity index (χ1v) is 7.95. The molecule has 3 nitrogen and oxygen atoms in total. The van der Waals surface area contributed by atoms with Crippen LogP contribution in [-0.2, 0) is 7.05 Å². The van der Waals surface area contributed by atoms with Gasteiger partial charge in [-0.05, 0) is 31.2 Å². The predicted molar refractivity (Wildman–Crippen MR) is 80.4 cm³/mol. The second-order valence-electron chi connectivity index (χ2n) is 5.73. The molecule has 0 aliphatic heterocycles. The summed E-state index contributed by atoms with van der Waals surface area (Å²) in [7, 11) is 1.99. The van der Waals surface area contributed by atoms with E-state index in [0.717, 1.165) is 23.2 Å². The Morgan fingerprint density at radius 2 is 2.05 bits per heavy atom. The molecule has 108 valence electrons. The molecule has 0 aromatic carbocycles. The van der Waals surface area contributed by atoms with Crippen LogP contribution in [0.4, 0.5) is 0 Å². The van der Waals surface area contributed by atoms with E-state index in [2.05, 4.69) is 24.3 Å². The predicted octanol–water partition coefficient (Wildman–Crippen LogP) is 3.94. The summed E-state index contributed by atoms with van der Waals surface area (Å²) >= 11 is 6.33. The van der Waals surface area contributed by atoms with E-state index in [1.54, 1.807) is 6.20 Å². The molecule has 0 radical (unpaired) electrons. The molecule has 1 fully saturated rings. The van der Waals surface area contributed by atoms with Crippen molar-refractivity contribution >= 4 is 11.6 Å². The fourth-order valence-corrected chi connectivity index (χ4v) is 3.69. The van der Waals surface area contributed by atoms with Crippen LogP contribution in [-0.4, -0.2) is 16.3 Å². The van der Waals surface area contributed by atoms with E-state index >= 15 is 0 Å². The molecule has 1 saturated carbocycles. The van der Waals surface area contributed by atoms with Gasteiger partial charge in [-0.25, -0.2) is 0 Å². The standard InChI is InChI=1S/C15H26ClN3/c1-4-11-6-8-12(9-7-11)14(17-5-2)15-13(16)10-18-19(15)3/h10-12,14,17H,4-9H2,1-3H3. The summed E-state index contributed by atoms with van der Waals surface area (Å²) < 4.78 is 1.93. The van der Waals surface area contributed by atoms with E-state index in [9.17, 15) is 0 Å². The van der Waals surface area contributed by atoms with E-state index in [-0.39, 0.29) is 0 Å². The number of rotatable bonds is 5. The Hall–Kier alpha value is -0.540. The second kappa shape index (κ2) is 6.76. The second-order valence-corrected chi connectivity index (χ2v) is 6.13. The third-order valence-corrected chi connectivity index (χ3v) is 4.89. The fourth-order valence-electron chi connectivity index (χ4n) is 3.41. The molecule has 4 heteroatoms. The van der Waals surface area contributed by atoms with Gasteiger partial charge in [-0.2, -0.15) is 5.10 Å². The molecule has 2 rings (SSSR count). The molecule has 1 atom stereocenters. The van der Waals surface area contributed by atoms with E-state index in [1.165, 1.54) is 32.1 Å². The molecular weight excluding hydrogens is 258 g/mol. The van der Waals surface area contributed by atoms with E-state index in [1.807, 2.05) is 11.7 Å². The molecule has 0 bridgehead atoms. The number of aromatic nitrogens is 2. The van der Waals surface area contributed by atoms with Crippen LogP contribution in [0.15, 0.2) is 6.20 Å². The molecule has 0 amide bonds. The van der Waals surface area contributed by atoms with Crippen molar-refractivity contribution in [2.75, 3.05) is 6.54 Å². The lowest BCUT2D eigenvalue weighted by atomic mass is 9.77. The minimum atomic E-state index is 0.350. The summed E-state index contributed by atoms with van der Waals surface area (Å²) in [5.74, 6) is 1.62. The average molecular weight is 284 g/mol. The van der Waals surface area contributed by atoms with Gasteiger partial charge in [-0.15, -0.1) is 0 Å². The zero-order chi connectivity index (χ0) is 13.8. The number of aryl methyl sites for hydroxylation is 1. The highest BCUT2D eigenvalue weighted by Gasteiger charge is 2.30. The van der Waals surface area contributed by atoms with Crippen LogP contribution in [0, 0.1) is 11.8 Å². The van der Waals surface area contributed by atoms with Crippen molar-refractivity contribution in [3.8, 4) is 0 Å². The van der Waals surface area contributed by atoms with Gasteiger partial charge >= 0.3 is 0 Å². The van der Waals surface area contributed by atoms with Crippen LogP contribution in [0.5, 0.6) is 0 Å². The third-order valence-electron chi connectivity index (χ3n) is 4.60. The number of hydrogen-bond donors (Lipinski definition) is 1. The van der Waals surface area contributed by atoms with Crippen molar-refractivity contribution in [1.29, 1.82) is 0 Å². The van der Waals surface area contributed by atoms with Gasteiger partial charge in [0.1, 0.15) is 0 Å². The van der Waals surface area contributed by atoms with Crippen LogP contribution >= 0.6 is 11.6 Å². The van der Waals surface area contributed by atoms with Gasteiger partial charge in [0.05, 0.1) is 23.0 Å². The first kappa shape index (κ1) is 14.9. The summed E-state index contributed by atoms with van der Waals surface area (Å²) in [4.78, 5) is 0. The van der Waals surface area contributed by atoms with E-state index in [0.29, 0.717) is 12.0 Å². The maximum Gasteiger partial charge on any atom is 0.0834 e. The number of halogens is 1. The smallest absolute Gasteiger partial charge is 0.0834 e. The Bertz CT molecular complexity index is 375. The number of nitrogens with zero attached hydrogens (tertiary/aromatic N) is 2. The minimum absolute atomic E-state index is 0.350. The van der Waals surface area contributed by atoms with Crippen LogP contribution < -0.4 is 5.32 Å². The first-order chi connectivity index (χ1) is 9.17. The summed E-state index contributed by atoms with van der Waals surface area (Å²) in [5.41, 5.74) is 1.16. The molecule has 0 saturated heterocycles. The molecule has 19 heavy (non-hydrogen) atoms. The van der Waals surface area contributed by atoms with Gasteiger partial charge in [0.2, 0.25) is 0 Å². The van der Waals surface area contributed by atoms with Gasteiger partial charge in [-0.3, -0.25) is 4.68 Å². The zero-order valence-electron chi connectivity index (χ0n) is 12.3. The highest BCUT2D eigenvalue weighted by molar-refractivity contribution is 6.31. The van der Waals surface area contributed by atoms with Crippen LogP contribution in [0.2, 0.25) is 5.02 Å². The van der Waals surface area contributed by atoms with Gasteiger partial charge in [0.25, 0.3) is 0 Å². The van der Waals surface area contributed by atoms with Gasteiger partial charge in [0.15, 0.2) is 0 Å². The maximum atomic E-state index is 6.33. The molecule has 1 heterocycles. The Morgan fingerprint density at radius 3 is 2.53 bits per heavy atom. The lowest BCUT2D eigenvalue weighted by molar-refractivity contribution is 0.215. The Balaban J connectivity index is 2.13. The monoisotopic (exact) mass is 283 g/mol. The lowest BCUT2D eigenvalue weighted by Gasteiger charge is -2.34. The topological polar surface area (TPSA) is 29.9 Å². The first-order valence-electron chi connectivity index (χ1n) is 7.58. The molecule has 1 unspecified atom stereocenters. The number of hydrogen-bond acceptors (Lipinski definition) is 2. The number of nitrogens with one attached hydrogen (secondary N) is 1. The van der Waals surface area contributed by atoms with Gasteiger partial charge < -0.3 is 5.32 Å². The molecular formula is C15H26ClN3. The van der Waals surface area contributed by atoms with E-state index < -0.39 is 0 Å². The normalized spacial score (nSPS) is 25.5. The molecule has 1 aromatic rings. The molecule has 0 spiro atoms. The largest absolute Gasteiger partial charge is 0.309 e. The average Bonchev–Trinajstić information content (AvgIpc) is 2.76. The molecule has 1 aliphatic carbocycles. The SMILES string of the molecule is CCNC(c1c(Cl)cnn1C)C1CCC(CC)CC1. The van der Waals surface area contributed by atoms with Gasteiger partial charge in [0, 0.05) is 7.05 Å². The Morgan fingerprint density at radius 1 is 1.37 bits per heavy atom. The van der Waals surface area contributed by atoms with Crippen molar-refractivity contribution in [2.45, 2.75) is 52.0 Å². The van der Waals surface area contributed by atoms with Crippen molar-refractivity contribution in [3.63, 3.8) is 0 Å². The fraction of sp³-hybridized carbons (Fsp3) is 0.800. The molecule has 1 aliphatic rings. The van der Waals surface area contributed by atoms with Crippen molar-refractivity contribution in [3.05, 3.63) is 16.9 Å². The van der Waals surface area contributed by atoms with Crippen molar-refractivity contribution < 1.29 is 0 Å². The Labute approximate surface area is 121 Å². The van der Waals surface area contributed by atoms with Crippen LogP contribution in [0.1, 0.15) is 57.7 Å². The van der Waals surface area contributed by atoms with Crippen LogP contribution in [0.3, 0.4) is 0 Å². The van der Waals surface area contributed by atoms with Crippen LogP contribution in [0.25, 0.3) is 0 Å². The summed E-state index contributed by atoms with van der Waals surface area (Å²) in [6.45, 7) is 5.44.